The second kappa shape index (κ2) is 6.85. The highest BCUT2D eigenvalue weighted by Crippen LogP contribution is 2.06. The van der Waals surface area contributed by atoms with Crippen molar-refractivity contribution < 1.29 is 9.53 Å². The lowest BCUT2D eigenvalue weighted by atomic mass is 10.1. The zero-order valence-corrected chi connectivity index (χ0v) is 10.3. The van der Waals surface area contributed by atoms with Crippen LogP contribution in [0.5, 0.6) is 5.88 Å². The van der Waals surface area contributed by atoms with Crippen LogP contribution in [0, 0.1) is 0 Å². The van der Waals surface area contributed by atoms with Gasteiger partial charge in [0.2, 0.25) is 11.8 Å². The van der Waals surface area contributed by atoms with Gasteiger partial charge in [-0.3, -0.25) is 4.79 Å². The van der Waals surface area contributed by atoms with Crippen LogP contribution in [0.1, 0.15) is 25.3 Å². The molecule has 17 heavy (non-hydrogen) atoms. The molecule has 0 saturated heterocycles. The molecule has 0 spiro atoms. The Kier molecular flexibility index (Phi) is 5.42. The molecule has 5 heteroatoms. The second-order valence-electron chi connectivity index (χ2n) is 3.86. The van der Waals surface area contributed by atoms with E-state index in [0.29, 0.717) is 18.8 Å². The maximum Gasteiger partial charge on any atom is 0.221 e. The number of amides is 1. The Balaban J connectivity index is 2.36. The molecule has 3 N–H and O–H groups in total. The minimum absolute atomic E-state index is 0.0323. The summed E-state index contributed by atoms with van der Waals surface area (Å²) >= 11 is 0. The third kappa shape index (κ3) is 4.82. The number of methoxy groups -OCH3 is 1. The molecule has 1 rings (SSSR count). The van der Waals surface area contributed by atoms with Crippen LogP contribution in [0.3, 0.4) is 0 Å². The fourth-order valence-electron chi connectivity index (χ4n) is 1.29. The van der Waals surface area contributed by atoms with E-state index in [-0.39, 0.29) is 11.9 Å². The first-order chi connectivity index (χ1) is 8.15. The summed E-state index contributed by atoms with van der Waals surface area (Å²) in [5.41, 5.74) is 6.63. The van der Waals surface area contributed by atoms with Gasteiger partial charge in [-0.15, -0.1) is 0 Å². The Bertz CT molecular complexity index is 351. The lowest BCUT2D eigenvalue weighted by Crippen LogP contribution is -2.30. The molecule has 0 aliphatic rings. The highest BCUT2D eigenvalue weighted by atomic mass is 16.5. The summed E-state index contributed by atoms with van der Waals surface area (Å²) < 4.78 is 4.95. The molecule has 5 nitrogen and oxygen atoms in total. The van der Waals surface area contributed by atoms with E-state index in [1.807, 2.05) is 13.0 Å². The topological polar surface area (TPSA) is 77.2 Å². The first-order valence-corrected chi connectivity index (χ1v) is 5.67. The Labute approximate surface area is 101 Å². The summed E-state index contributed by atoms with van der Waals surface area (Å²) in [6, 6.07) is 3.56. The summed E-state index contributed by atoms with van der Waals surface area (Å²) in [5, 5.41) is 2.80. The number of aromatic nitrogens is 1. The number of pyridine rings is 1. The summed E-state index contributed by atoms with van der Waals surface area (Å²) in [6.45, 7) is 2.43. The van der Waals surface area contributed by atoms with Gasteiger partial charge in [-0.1, -0.05) is 13.0 Å². The van der Waals surface area contributed by atoms with Crippen molar-refractivity contribution in [1.82, 2.24) is 10.3 Å². The highest BCUT2D eigenvalue weighted by Gasteiger charge is 2.07. The number of nitrogens with zero attached hydrogens (tertiary/aromatic N) is 1. The Morgan fingerprint density at radius 2 is 2.35 bits per heavy atom. The zero-order chi connectivity index (χ0) is 12.7. The summed E-state index contributed by atoms with van der Waals surface area (Å²) in [6.07, 6.45) is 2.84. The largest absolute Gasteiger partial charge is 0.481 e. The molecule has 94 valence electrons. The van der Waals surface area contributed by atoms with Crippen molar-refractivity contribution in [3.8, 4) is 5.88 Å². The van der Waals surface area contributed by atoms with Crippen molar-refractivity contribution in [2.24, 2.45) is 5.73 Å². The van der Waals surface area contributed by atoms with E-state index in [9.17, 15) is 4.79 Å². The molecule has 1 unspecified atom stereocenters. The molecule has 0 bridgehead atoms. The van der Waals surface area contributed by atoms with Crippen molar-refractivity contribution >= 4 is 5.91 Å². The fourth-order valence-corrected chi connectivity index (χ4v) is 1.29. The average molecular weight is 237 g/mol. The highest BCUT2D eigenvalue weighted by molar-refractivity contribution is 5.76. The van der Waals surface area contributed by atoms with Gasteiger partial charge in [0.15, 0.2) is 0 Å². The summed E-state index contributed by atoms with van der Waals surface area (Å²) in [4.78, 5) is 15.5. The maximum atomic E-state index is 11.5. The van der Waals surface area contributed by atoms with Crippen molar-refractivity contribution in [2.45, 2.75) is 32.4 Å². The number of hydrogen-bond donors (Lipinski definition) is 2. The number of rotatable bonds is 6. The Morgan fingerprint density at radius 3 is 2.88 bits per heavy atom. The monoisotopic (exact) mass is 237 g/mol. The predicted molar refractivity (Wildman–Crippen MR) is 65.5 cm³/mol. The van der Waals surface area contributed by atoms with Gasteiger partial charge in [0.1, 0.15) is 0 Å². The Hall–Kier alpha value is -1.62. The van der Waals surface area contributed by atoms with E-state index >= 15 is 0 Å². The van der Waals surface area contributed by atoms with Crippen LogP contribution in [-0.4, -0.2) is 24.0 Å². The number of carbonyl (C=O) groups is 1. The zero-order valence-electron chi connectivity index (χ0n) is 10.3. The van der Waals surface area contributed by atoms with E-state index in [4.69, 9.17) is 10.5 Å². The maximum absolute atomic E-state index is 11.5. The van der Waals surface area contributed by atoms with Crippen LogP contribution >= 0.6 is 0 Å². The molecule has 0 aromatic carbocycles. The Morgan fingerprint density at radius 1 is 1.59 bits per heavy atom. The van der Waals surface area contributed by atoms with Gasteiger partial charge in [-0.25, -0.2) is 4.98 Å². The van der Waals surface area contributed by atoms with Gasteiger partial charge >= 0.3 is 0 Å². The van der Waals surface area contributed by atoms with Crippen LogP contribution in [-0.2, 0) is 11.3 Å². The van der Waals surface area contributed by atoms with Gasteiger partial charge < -0.3 is 15.8 Å². The van der Waals surface area contributed by atoms with E-state index in [1.54, 1.807) is 19.4 Å². The van der Waals surface area contributed by atoms with Gasteiger partial charge in [-0.2, -0.15) is 0 Å². The number of ether oxygens (including phenoxy) is 1. The van der Waals surface area contributed by atoms with E-state index < -0.39 is 0 Å². The average Bonchev–Trinajstić information content (AvgIpc) is 2.36. The molecule has 1 aromatic rings. The van der Waals surface area contributed by atoms with Crippen LogP contribution in [0.15, 0.2) is 18.3 Å². The smallest absolute Gasteiger partial charge is 0.221 e. The number of nitrogens with one attached hydrogen (secondary N) is 1. The van der Waals surface area contributed by atoms with Gasteiger partial charge in [-0.05, 0) is 12.0 Å². The molecule has 0 saturated carbocycles. The van der Waals surface area contributed by atoms with Crippen LogP contribution in [0.2, 0.25) is 0 Å². The van der Waals surface area contributed by atoms with E-state index in [0.717, 1.165) is 12.0 Å². The minimum Gasteiger partial charge on any atom is -0.481 e. The first-order valence-electron chi connectivity index (χ1n) is 5.67. The lowest BCUT2D eigenvalue weighted by Gasteiger charge is -2.09. The second-order valence-corrected chi connectivity index (χ2v) is 3.86. The molecule has 1 atom stereocenters. The third-order valence-corrected chi connectivity index (χ3v) is 2.47. The number of nitrogens with two attached hydrogens (primary N) is 1. The minimum atomic E-state index is -0.0657. The quantitative estimate of drug-likeness (QED) is 0.768. The standard InChI is InChI=1S/C12H19N3O2/c1-3-10(13)6-11(16)14-7-9-4-5-12(17-2)15-8-9/h4-5,8,10H,3,6-7,13H2,1-2H3,(H,14,16). The molecule has 0 fully saturated rings. The third-order valence-electron chi connectivity index (χ3n) is 2.47. The van der Waals surface area contributed by atoms with Gasteiger partial charge in [0, 0.05) is 31.3 Å². The molecule has 1 aromatic heterocycles. The van der Waals surface area contributed by atoms with Crippen LogP contribution in [0.4, 0.5) is 0 Å². The first kappa shape index (κ1) is 13.4. The number of carbonyl (C=O) groups excluding carboxylic acids is 1. The van der Waals surface area contributed by atoms with Crippen LogP contribution < -0.4 is 15.8 Å². The lowest BCUT2D eigenvalue weighted by molar-refractivity contribution is -0.121. The predicted octanol–water partition coefficient (Wildman–Crippen LogP) is 0.834. The van der Waals surface area contributed by atoms with Crippen molar-refractivity contribution in [2.75, 3.05) is 7.11 Å². The molecule has 0 aliphatic carbocycles. The van der Waals surface area contributed by atoms with Crippen molar-refractivity contribution in [3.05, 3.63) is 23.9 Å². The normalized spacial score (nSPS) is 11.9. The van der Waals surface area contributed by atoms with Gasteiger partial charge in [0.05, 0.1) is 7.11 Å². The fraction of sp³-hybridized carbons (Fsp3) is 0.500. The van der Waals surface area contributed by atoms with Crippen molar-refractivity contribution in [3.63, 3.8) is 0 Å². The molecular formula is C12H19N3O2. The van der Waals surface area contributed by atoms with E-state index in [1.165, 1.54) is 0 Å². The van der Waals surface area contributed by atoms with E-state index in [2.05, 4.69) is 10.3 Å². The molecule has 0 aliphatic heterocycles. The van der Waals surface area contributed by atoms with Crippen molar-refractivity contribution in [1.29, 1.82) is 0 Å². The SMILES string of the molecule is CCC(N)CC(=O)NCc1ccc(OC)nc1. The molecule has 1 amide bonds. The number of hydrogen-bond acceptors (Lipinski definition) is 4. The van der Waals surface area contributed by atoms with Gasteiger partial charge in [0.25, 0.3) is 0 Å². The van der Waals surface area contributed by atoms with Crippen LogP contribution in [0.25, 0.3) is 0 Å². The molecular weight excluding hydrogens is 218 g/mol. The molecule has 1 heterocycles. The summed E-state index contributed by atoms with van der Waals surface area (Å²) in [5.74, 6) is 0.531. The molecule has 0 radical (unpaired) electrons. The summed E-state index contributed by atoms with van der Waals surface area (Å²) in [7, 11) is 1.57.